The van der Waals surface area contributed by atoms with Crippen molar-refractivity contribution in [3.63, 3.8) is 0 Å². The molecule has 0 spiro atoms. The second-order valence-corrected chi connectivity index (χ2v) is 7.27. The van der Waals surface area contributed by atoms with Crippen molar-refractivity contribution in [1.82, 2.24) is 9.88 Å². The van der Waals surface area contributed by atoms with Crippen LogP contribution in [0.2, 0.25) is 0 Å². The summed E-state index contributed by atoms with van der Waals surface area (Å²) in [5.74, 6) is -0.550. The van der Waals surface area contributed by atoms with E-state index >= 15 is 0 Å². The molecule has 0 saturated heterocycles. The highest BCUT2D eigenvalue weighted by atomic mass is 19.1. The van der Waals surface area contributed by atoms with Gasteiger partial charge < -0.3 is 14.6 Å². The highest BCUT2D eigenvalue weighted by Gasteiger charge is 2.23. The Morgan fingerprint density at radius 3 is 2.65 bits per heavy atom. The van der Waals surface area contributed by atoms with Crippen LogP contribution in [0.25, 0.3) is 10.9 Å². The molecule has 0 saturated carbocycles. The molecule has 1 amide bonds. The van der Waals surface area contributed by atoms with Gasteiger partial charge in [0.15, 0.2) is 5.78 Å². The summed E-state index contributed by atoms with van der Waals surface area (Å²) < 4.78 is 20.9. The molecule has 0 fully saturated rings. The fourth-order valence-corrected chi connectivity index (χ4v) is 2.76. The van der Waals surface area contributed by atoms with Crippen LogP contribution in [-0.2, 0) is 22.5 Å². The van der Waals surface area contributed by atoms with Crippen molar-refractivity contribution in [2.75, 3.05) is 0 Å². The van der Waals surface area contributed by atoms with Crippen LogP contribution in [0.3, 0.4) is 0 Å². The third kappa shape index (κ3) is 4.94. The van der Waals surface area contributed by atoms with Gasteiger partial charge in [-0.25, -0.2) is 9.18 Å². The van der Waals surface area contributed by atoms with E-state index in [4.69, 9.17) is 4.74 Å². The SMILES string of the molecule is C=CCn1cc(C[C@@H](NC(=O)OC(C)(C)C)C(C)=O)c2cc(F)ccc21. The molecule has 2 aromatic rings. The van der Waals surface area contributed by atoms with Crippen molar-refractivity contribution < 1.29 is 18.7 Å². The molecular weight excluding hydrogens is 335 g/mol. The molecule has 26 heavy (non-hydrogen) atoms. The van der Waals surface area contributed by atoms with Crippen molar-refractivity contribution in [1.29, 1.82) is 0 Å². The van der Waals surface area contributed by atoms with E-state index in [1.54, 1.807) is 32.9 Å². The Morgan fingerprint density at radius 2 is 2.08 bits per heavy atom. The maximum Gasteiger partial charge on any atom is 0.408 e. The Labute approximate surface area is 152 Å². The lowest BCUT2D eigenvalue weighted by atomic mass is 10.0. The maximum absolute atomic E-state index is 13.7. The molecule has 6 heteroatoms. The largest absolute Gasteiger partial charge is 0.444 e. The van der Waals surface area contributed by atoms with Crippen molar-refractivity contribution >= 4 is 22.8 Å². The van der Waals surface area contributed by atoms with Crippen molar-refractivity contribution in [2.24, 2.45) is 0 Å². The van der Waals surface area contributed by atoms with Crippen LogP contribution in [0.4, 0.5) is 9.18 Å². The Bertz CT molecular complexity index is 833. The van der Waals surface area contributed by atoms with E-state index in [-0.39, 0.29) is 18.0 Å². The van der Waals surface area contributed by atoms with Crippen LogP contribution < -0.4 is 5.32 Å². The van der Waals surface area contributed by atoms with Gasteiger partial charge in [-0.3, -0.25) is 4.79 Å². The molecule has 0 radical (unpaired) electrons. The summed E-state index contributed by atoms with van der Waals surface area (Å²) in [6.45, 7) is 11.0. The number of amides is 1. The topological polar surface area (TPSA) is 60.3 Å². The summed E-state index contributed by atoms with van der Waals surface area (Å²) in [4.78, 5) is 24.0. The molecule has 0 aliphatic heterocycles. The molecule has 5 nitrogen and oxygen atoms in total. The zero-order chi connectivity index (χ0) is 19.5. The number of carbonyl (C=O) groups excluding carboxylic acids is 2. The number of halogens is 1. The van der Waals surface area contributed by atoms with Gasteiger partial charge in [0.25, 0.3) is 0 Å². The van der Waals surface area contributed by atoms with Gasteiger partial charge in [0.1, 0.15) is 11.4 Å². The molecule has 1 atom stereocenters. The first-order chi connectivity index (χ1) is 12.1. The first kappa shape index (κ1) is 19.7. The van der Waals surface area contributed by atoms with Crippen LogP contribution in [0.5, 0.6) is 0 Å². The lowest BCUT2D eigenvalue weighted by molar-refractivity contribution is -0.119. The second-order valence-electron chi connectivity index (χ2n) is 7.27. The molecule has 140 valence electrons. The third-order valence-electron chi connectivity index (χ3n) is 3.86. The monoisotopic (exact) mass is 360 g/mol. The summed E-state index contributed by atoms with van der Waals surface area (Å²) in [6.07, 6.45) is 3.20. The van der Waals surface area contributed by atoms with Crippen molar-refractivity contribution in [2.45, 2.75) is 52.3 Å². The molecule has 1 aromatic heterocycles. The smallest absolute Gasteiger partial charge is 0.408 e. The molecule has 1 aromatic carbocycles. The Hall–Kier alpha value is -2.63. The normalized spacial score (nSPS) is 12.7. The Balaban J connectivity index is 2.31. The number of Topliss-reactive ketones (excluding diaryl/α,β-unsaturated/α-hetero) is 1. The Morgan fingerprint density at radius 1 is 1.38 bits per heavy atom. The molecule has 0 bridgehead atoms. The van der Waals surface area contributed by atoms with Crippen molar-refractivity contribution in [3.05, 3.63) is 48.4 Å². The minimum absolute atomic E-state index is 0.197. The van der Waals surface area contributed by atoms with E-state index in [0.717, 1.165) is 11.1 Å². The van der Waals surface area contributed by atoms with E-state index < -0.39 is 17.7 Å². The lowest BCUT2D eigenvalue weighted by Crippen LogP contribution is -2.43. The van der Waals surface area contributed by atoms with Gasteiger partial charge in [-0.1, -0.05) is 6.08 Å². The number of nitrogens with one attached hydrogen (secondary N) is 1. The number of rotatable bonds is 6. The number of aromatic nitrogens is 1. The van der Waals surface area contributed by atoms with Gasteiger partial charge >= 0.3 is 6.09 Å². The van der Waals surface area contributed by atoms with Crippen LogP contribution >= 0.6 is 0 Å². The molecule has 1 N–H and O–H groups in total. The maximum atomic E-state index is 13.7. The molecule has 0 unspecified atom stereocenters. The third-order valence-corrected chi connectivity index (χ3v) is 3.86. The van der Waals surface area contributed by atoms with Crippen LogP contribution in [-0.4, -0.2) is 28.1 Å². The van der Waals surface area contributed by atoms with Gasteiger partial charge in [0.05, 0.1) is 6.04 Å². The van der Waals surface area contributed by atoms with Crippen LogP contribution in [0.15, 0.2) is 37.1 Å². The number of nitrogens with zero attached hydrogens (tertiary/aromatic N) is 1. The van der Waals surface area contributed by atoms with E-state index in [1.165, 1.54) is 19.1 Å². The summed E-state index contributed by atoms with van der Waals surface area (Å²) in [7, 11) is 0. The number of hydrogen-bond acceptors (Lipinski definition) is 3. The predicted octanol–water partition coefficient (Wildman–Crippen LogP) is 3.99. The fraction of sp³-hybridized carbons (Fsp3) is 0.400. The first-order valence-corrected chi connectivity index (χ1v) is 8.49. The van der Waals surface area contributed by atoms with Gasteiger partial charge in [-0.2, -0.15) is 0 Å². The van der Waals surface area contributed by atoms with E-state index in [1.807, 2.05) is 10.8 Å². The van der Waals surface area contributed by atoms with E-state index in [2.05, 4.69) is 11.9 Å². The number of ether oxygens (including phenoxy) is 1. The molecule has 0 aliphatic rings. The van der Waals surface area contributed by atoms with E-state index in [0.29, 0.717) is 11.9 Å². The Kier molecular flexibility index (Phi) is 5.85. The predicted molar refractivity (Wildman–Crippen MR) is 99.6 cm³/mol. The molecule has 1 heterocycles. The van der Waals surface area contributed by atoms with Gasteiger partial charge in [0, 0.05) is 30.1 Å². The number of ketones is 1. The summed E-state index contributed by atoms with van der Waals surface area (Å²) in [6, 6.07) is 3.78. The van der Waals surface area contributed by atoms with Gasteiger partial charge in [0.2, 0.25) is 0 Å². The average molecular weight is 360 g/mol. The summed E-state index contributed by atoms with van der Waals surface area (Å²) >= 11 is 0. The van der Waals surface area contributed by atoms with Crippen molar-refractivity contribution in [3.8, 4) is 0 Å². The zero-order valence-electron chi connectivity index (χ0n) is 15.6. The quantitative estimate of drug-likeness (QED) is 0.793. The van der Waals surface area contributed by atoms with Gasteiger partial charge in [-0.15, -0.1) is 6.58 Å². The summed E-state index contributed by atoms with van der Waals surface area (Å²) in [5.41, 5.74) is 0.965. The average Bonchev–Trinajstić information content (AvgIpc) is 2.82. The molecule has 0 aliphatic carbocycles. The minimum atomic E-state index is -0.754. The van der Waals surface area contributed by atoms with E-state index in [9.17, 15) is 14.0 Å². The van der Waals surface area contributed by atoms with Gasteiger partial charge in [-0.05, 0) is 51.5 Å². The molecular formula is C20H25FN2O3. The zero-order valence-corrected chi connectivity index (χ0v) is 15.6. The molecule has 2 rings (SSSR count). The summed E-state index contributed by atoms with van der Waals surface area (Å²) in [5, 5.41) is 3.32. The number of allylic oxidation sites excluding steroid dienone is 1. The standard InChI is InChI=1S/C20H25FN2O3/c1-6-9-23-12-14(16-11-15(21)7-8-18(16)23)10-17(13(2)24)22-19(25)26-20(3,4)5/h6-8,11-12,17H,1,9-10H2,2-5H3,(H,22,25)/t17-/m1/s1. The number of hydrogen-bond donors (Lipinski definition) is 1. The fourth-order valence-electron chi connectivity index (χ4n) is 2.76. The highest BCUT2D eigenvalue weighted by Crippen LogP contribution is 2.24. The minimum Gasteiger partial charge on any atom is -0.444 e. The highest BCUT2D eigenvalue weighted by molar-refractivity contribution is 5.88. The number of benzene rings is 1. The number of fused-ring (bicyclic) bond motifs is 1. The van der Waals surface area contributed by atoms with Crippen LogP contribution in [0, 0.1) is 5.82 Å². The lowest BCUT2D eigenvalue weighted by Gasteiger charge is -2.22. The number of carbonyl (C=O) groups is 2. The first-order valence-electron chi connectivity index (χ1n) is 8.49. The number of alkyl carbamates (subject to hydrolysis) is 1. The van der Waals surface area contributed by atoms with Crippen LogP contribution in [0.1, 0.15) is 33.3 Å². The second kappa shape index (κ2) is 7.72.